The molecule has 0 aliphatic rings. The first-order valence-electron chi connectivity index (χ1n) is 5.88. The number of unbranched alkanes of at least 4 members (excludes halogenated alkanes) is 4. The Morgan fingerprint density at radius 3 is 2.59 bits per heavy atom. The predicted octanol–water partition coefficient (Wildman–Crippen LogP) is 2.63. The number of aryl methyl sites for hydroxylation is 1. The zero-order valence-corrected chi connectivity index (χ0v) is 10.3. The van der Waals surface area contributed by atoms with Gasteiger partial charge in [0.05, 0.1) is 0 Å². The van der Waals surface area contributed by atoms with Gasteiger partial charge in [-0.15, -0.1) is 6.42 Å². The average molecular weight is 236 g/mol. The fourth-order valence-electron chi connectivity index (χ4n) is 1.33. The van der Waals surface area contributed by atoms with Gasteiger partial charge in [0.2, 0.25) is 0 Å². The third-order valence-corrected chi connectivity index (χ3v) is 2.20. The molecule has 17 heavy (non-hydrogen) atoms. The minimum atomic E-state index is -1.22. The number of carboxylic acid groups (broad SMARTS) is 1. The fourth-order valence-corrected chi connectivity index (χ4v) is 1.33. The topological polar surface area (TPSA) is 66.0 Å². The molecule has 0 atom stereocenters. The summed E-state index contributed by atoms with van der Waals surface area (Å²) in [4.78, 5) is 16.4. The lowest BCUT2D eigenvalue weighted by Gasteiger charge is -1.97. The molecule has 4 heteroatoms. The lowest BCUT2D eigenvalue weighted by molar-refractivity contribution is -0.130. The summed E-state index contributed by atoms with van der Waals surface area (Å²) in [6.45, 7) is 2.24. The number of imidazole rings is 1. The molecule has 94 valence electrons. The third kappa shape index (κ3) is 10.5. The minimum absolute atomic E-state index is 1.11. The molecule has 4 nitrogen and oxygen atoms in total. The Kier molecular flexibility index (Phi) is 9.64. The first-order valence-corrected chi connectivity index (χ1v) is 5.88. The molecule has 0 unspecified atom stereocenters. The molecule has 1 heterocycles. The normalized spacial score (nSPS) is 8.94. The van der Waals surface area contributed by atoms with Gasteiger partial charge in [0.25, 0.3) is 0 Å². The number of hydrogen-bond donors (Lipinski definition) is 2. The number of aromatic nitrogens is 2. The van der Waals surface area contributed by atoms with Crippen molar-refractivity contribution in [2.24, 2.45) is 0 Å². The minimum Gasteiger partial charge on any atom is -0.472 e. The predicted molar refractivity (Wildman–Crippen MR) is 67.5 cm³/mol. The van der Waals surface area contributed by atoms with Gasteiger partial charge in [-0.2, -0.15) is 0 Å². The van der Waals surface area contributed by atoms with Crippen LogP contribution in [0.15, 0.2) is 12.4 Å². The van der Waals surface area contributed by atoms with Gasteiger partial charge >= 0.3 is 5.97 Å². The largest absolute Gasteiger partial charge is 0.472 e. The SMILES string of the molecule is C#CC(=O)O.CCCCCCCc1ncc[nH]1. The second-order valence-corrected chi connectivity index (χ2v) is 3.65. The quantitative estimate of drug-likeness (QED) is 0.589. The van der Waals surface area contributed by atoms with E-state index in [1.54, 1.807) is 0 Å². The van der Waals surface area contributed by atoms with Gasteiger partial charge in [-0.3, -0.25) is 0 Å². The summed E-state index contributed by atoms with van der Waals surface area (Å²) < 4.78 is 0. The second kappa shape index (κ2) is 10.7. The molecule has 1 aromatic rings. The zero-order valence-electron chi connectivity index (χ0n) is 10.3. The number of hydrogen-bond acceptors (Lipinski definition) is 2. The Morgan fingerprint density at radius 2 is 2.12 bits per heavy atom. The Hall–Kier alpha value is -1.76. The lowest BCUT2D eigenvalue weighted by Crippen LogP contribution is -1.87. The van der Waals surface area contributed by atoms with E-state index in [4.69, 9.17) is 9.90 Å². The van der Waals surface area contributed by atoms with Crippen molar-refractivity contribution in [3.8, 4) is 12.3 Å². The number of terminal acetylenes is 1. The number of carboxylic acids is 1. The van der Waals surface area contributed by atoms with E-state index in [0.717, 1.165) is 12.2 Å². The lowest BCUT2D eigenvalue weighted by atomic mass is 10.1. The molecule has 0 amide bonds. The number of nitrogens with zero attached hydrogens (tertiary/aromatic N) is 1. The number of carbonyl (C=O) groups is 1. The maximum atomic E-state index is 9.13. The van der Waals surface area contributed by atoms with E-state index in [-0.39, 0.29) is 0 Å². The average Bonchev–Trinajstić information content (AvgIpc) is 2.82. The van der Waals surface area contributed by atoms with Crippen molar-refractivity contribution in [3.63, 3.8) is 0 Å². The van der Waals surface area contributed by atoms with E-state index in [1.807, 2.05) is 12.4 Å². The first-order chi connectivity index (χ1) is 8.20. The molecule has 2 N–H and O–H groups in total. The number of nitrogens with one attached hydrogen (secondary N) is 1. The van der Waals surface area contributed by atoms with Crippen LogP contribution >= 0.6 is 0 Å². The van der Waals surface area contributed by atoms with Crippen LogP contribution in [-0.2, 0) is 11.2 Å². The van der Waals surface area contributed by atoms with Gasteiger partial charge in [0, 0.05) is 24.7 Å². The van der Waals surface area contributed by atoms with Crippen LogP contribution in [0.1, 0.15) is 44.9 Å². The molecule has 0 aliphatic heterocycles. The Balaban J connectivity index is 0.000000437. The van der Waals surface area contributed by atoms with Crippen molar-refractivity contribution < 1.29 is 9.90 Å². The van der Waals surface area contributed by atoms with E-state index in [2.05, 4.69) is 23.3 Å². The van der Waals surface area contributed by atoms with Gasteiger partial charge in [0.15, 0.2) is 0 Å². The number of rotatable bonds is 6. The van der Waals surface area contributed by atoms with E-state index >= 15 is 0 Å². The maximum Gasteiger partial charge on any atom is 0.381 e. The van der Waals surface area contributed by atoms with Crippen LogP contribution in [0.25, 0.3) is 0 Å². The molecular weight excluding hydrogens is 216 g/mol. The summed E-state index contributed by atoms with van der Waals surface area (Å²) in [6, 6.07) is 0. The van der Waals surface area contributed by atoms with Gasteiger partial charge in [-0.25, -0.2) is 9.78 Å². The molecule has 0 saturated heterocycles. The van der Waals surface area contributed by atoms with Crippen LogP contribution in [0.4, 0.5) is 0 Å². The summed E-state index contributed by atoms with van der Waals surface area (Å²) in [5, 5.41) is 7.49. The van der Waals surface area contributed by atoms with Crippen LogP contribution in [0.3, 0.4) is 0 Å². The van der Waals surface area contributed by atoms with Gasteiger partial charge in [-0.1, -0.05) is 32.6 Å². The monoisotopic (exact) mass is 236 g/mol. The van der Waals surface area contributed by atoms with Crippen molar-refractivity contribution in [2.45, 2.75) is 45.4 Å². The third-order valence-electron chi connectivity index (χ3n) is 2.20. The maximum absolute atomic E-state index is 9.13. The summed E-state index contributed by atoms with van der Waals surface area (Å²) in [7, 11) is 0. The van der Waals surface area contributed by atoms with Crippen LogP contribution in [0, 0.1) is 12.3 Å². The molecule has 0 fully saturated rings. The summed E-state index contributed by atoms with van der Waals surface area (Å²) in [5.41, 5.74) is 0. The van der Waals surface area contributed by atoms with Crippen molar-refractivity contribution >= 4 is 5.97 Å². The Bertz CT molecular complexity index is 326. The number of aromatic amines is 1. The highest BCUT2D eigenvalue weighted by molar-refractivity contribution is 5.85. The van der Waals surface area contributed by atoms with Crippen molar-refractivity contribution in [2.75, 3.05) is 0 Å². The smallest absolute Gasteiger partial charge is 0.381 e. The van der Waals surface area contributed by atoms with Crippen molar-refractivity contribution in [1.82, 2.24) is 9.97 Å². The van der Waals surface area contributed by atoms with E-state index in [1.165, 1.54) is 38.0 Å². The highest BCUT2D eigenvalue weighted by Crippen LogP contribution is 2.05. The molecule has 1 aromatic heterocycles. The Labute approximate surface area is 102 Å². The fraction of sp³-hybridized carbons (Fsp3) is 0.538. The standard InChI is InChI=1S/C10H18N2.C3H2O2/c1-2-3-4-5-6-7-10-11-8-9-12-10;1-2-3(4)5/h8-9H,2-7H2,1H3,(H,11,12);1H,(H,4,5). The molecule has 0 aliphatic carbocycles. The summed E-state index contributed by atoms with van der Waals surface area (Å²) in [6.07, 6.45) is 15.8. The van der Waals surface area contributed by atoms with Crippen molar-refractivity contribution in [1.29, 1.82) is 0 Å². The van der Waals surface area contributed by atoms with Crippen molar-refractivity contribution in [3.05, 3.63) is 18.2 Å². The van der Waals surface area contributed by atoms with E-state index < -0.39 is 5.97 Å². The van der Waals surface area contributed by atoms with Gasteiger partial charge in [-0.05, 0) is 6.42 Å². The van der Waals surface area contributed by atoms with Crippen LogP contribution in [-0.4, -0.2) is 21.0 Å². The van der Waals surface area contributed by atoms with Crippen LogP contribution < -0.4 is 0 Å². The number of aliphatic carboxylic acids is 1. The molecule has 0 radical (unpaired) electrons. The summed E-state index contributed by atoms with van der Waals surface area (Å²) in [5.74, 6) is 1.36. The molecular formula is C13H20N2O2. The van der Waals surface area contributed by atoms with Crippen LogP contribution in [0.5, 0.6) is 0 Å². The first kappa shape index (κ1) is 15.2. The Morgan fingerprint density at radius 1 is 1.47 bits per heavy atom. The molecule has 0 aromatic carbocycles. The highest BCUT2D eigenvalue weighted by atomic mass is 16.4. The van der Waals surface area contributed by atoms with E-state index in [9.17, 15) is 0 Å². The van der Waals surface area contributed by atoms with Crippen LogP contribution in [0.2, 0.25) is 0 Å². The molecule has 1 rings (SSSR count). The molecule has 0 bridgehead atoms. The molecule has 0 saturated carbocycles. The second-order valence-electron chi connectivity index (χ2n) is 3.65. The molecule has 0 spiro atoms. The van der Waals surface area contributed by atoms with Gasteiger partial charge in [0.1, 0.15) is 5.82 Å². The highest BCUT2D eigenvalue weighted by Gasteiger charge is 1.93. The summed E-state index contributed by atoms with van der Waals surface area (Å²) >= 11 is 0. The van der Waals surface area contributed by atoms with Gasteiger partial charge < -0.3 is 10.1 Å². The zero-order chi connectivity index (χ0) is 12.9. The van der Waals surface area contributed by atoms with E-state index in [0.29, 0.717) is 0 Å². The number of H-pyrrole nitrogens is 1.